The van der Waals surface area contributed by atoms with Gasteiger partial charge < -0.3 is 9.47 Å². The quantitative estimate of drug-likeness (QED) is 0.853. The lowest BCUT2D eigenvalue weighted by Crippen LogP contribution is -2.36. The van der Waals surface area contributed by atoms with Gasteiger partial charge in [0.1, 0.15) is 17.5 Å². The fourth-order valence-corrected chi connectivity index (χ4v) is 3.07. The second kappa shape index (κ2) is 5.76. The molecule has 3 rings (SSSR count). The number of fused-ring (bicyclic) bond motifs is 1. The van der Waals surface area contributed by atoms with Crippen molar-refractivity contribution in [3.05, 3.63) is 52.6 Å². The summed E-state index contributed by atoms with van der Waals surface area (Å²) in [6, 6.07) is 3.03. The number of carbonyl (C=O) groups is 1. The Balaban J connectivity index is 1.87. The van der Waals surface area contributed by atoms with Crippen LogP contribution in [-0.4, -0.2) is 26.9 Å². The van der Waals surface area contributed by atoms with Crippen LogP contribution in [0.3, 0.4) is 0 Å². The average Bonchev–Trinajstić information content (AvgIpc) is 2.83. The molecule has 2 heterocycles. The largest absolute Gasteiger partial charge is 0.334 e. The fraction of sp³-hybridized carbons (Fsp3) is 0.412. The average molecular weight is 319 g/mol. The monoisotopic (exact) mass is 319 g/mol. The molecule has 0 spiro atoms. The van der Waals surface area contributed by atoms with E-state index >= 15 is 0 Å². The summed E-state index contributed by atoms with van der Waals surface area (Å²) >= 11 is 0. The summed E-state index contributed by atoms with van der Waals surface area (Å²) in [5.41, 5.74) is 1.88. The van der Waals surface area contributed by atoms with Crippen molar-refractivity contribution < 1.29 is 13.6 Å². The summed E-state index contributed by atoms with van der Waals surface area (Å²) in [7, 11) is 1.98. The summed E-state index contributed by atoms with van der Waals surface area (Å²) in [6.45, 7) is 5.00. The number of imidazole rings is 1. The Kier molecular flexibility index (Phi) is 3.92. The fourth-order valence-electron chi connectivity index (χ4n) is 3.07. The molecule has 6 heteroatoms. The predicted octanol–water partition coefficient (Wildman–Crippen LogP) is 3.02. The van der Waals surface area contributed by atoms with Crippen LogP contribution in [0, 0.1) is 11.6 Å². The topological polar surface area (TPSA) is 38.1 Å². The SMILES string of the molecule is CC(C)c1nc2c(n1C)CCN(C(=O)c1ccc(F)cc1F)C2. The first kappa shape index (κ1) is 15.6. The molecule has 0 saturated heterocycles. The van der Waals surface area contributed by atoms with Crippen molar-refractivity contribution in [1.29, 1.82) is 0 Å². The Labute approximate surface area is 133 Å². The van der Waals surface area contributed by atoms with Gasteiger partial charge in [0.2, 0.25) is 0 Å². The molecule has 0 unspecified atom stereocenters. The van der Waals surface area contributed by atoms with Gasteiger partial charge in [-0.1, -0.05) is 13.8 Å². The molecular weight excluding hydrogens is 300 g/mol. The summed E-state index contributed by atoms with van der Waals surface area (Å²) in [5.74, 6) is -0.664. The molecule has 1 aliphatic rings. The second-order valence-electron chi connectivity index (χ2n) is 6.18. The molecule has 0 aliphatic carbocycles. The number of carbonyl (C=O) groups excluding carboxylic acids is 1. The standard InChI is InChI=1S/C17H19F2N3O/c1-10(2)16-20-14-9-22(7-6-15(14)21(16)3)17(23)12-5-4-11(18)8-13(12)19/h4-5,8,10H,6-7,9H2,1-3H3. The van der Waals surface area contributed by atoms with Crippen LogP contribution in [0.5, 0.6) is 0 Å². The van der Waals surface area contributed by atoms with E-state index in [0.29, 0.717) is 25.4 Å². The van der Waals surface area contributed by atoms with E-state index in [0.717, 1.165) is 29.3 Å². The van der Waals surface area contributed by atoms with E-state index in [9.17, 15) is 13.6 Å². The Morgan fingerprint density at radius 2 is 2.04 bits per heavy atom. The zero-order valence-corrected chi connectivity index (χ0v) is 13.4. The number of nitrogens with zero attached hydrogens (tertiary/aromatic N) is 3. The van der Waals surface area contributed by atoms with Crippen molar-refractivity contribution in [2.24, 2.45) is 7.05 Å². The van der Waals surface area contributed by atoms with Crippen molar-refractivity contribution in [2.75, 3.05) is 6.54 Å². The van der Waals surface area contributed by atoms with E-state index in [1.807, 2.05) is 7.05 Å². The molecule has 122 valence electrons. The summed E-state index contributed by atoms with van der Waals surface area (Å²) < 4.78 is 28.9. The summed E-state index contributed by atoms with van der Waals surface area (Å²) in [4.78, 5) is 18.7. The number of halogens is 2. The van der Waals surface area contributed by atoms with Crippen molar-refractivity contribution in [3.63, 3.8) is 0 Å². The first-order chi connectivity index (χ1) is 10.9. The number of benzene rings is 1. The van der Waals surface area contributed by atoms with Gasteiger partial charge >= 0.3 is 0 Å². The minimum atomic E-state index is -0.829. The smallest absolute Gasteiger partial charge is 0.257 e. The highest BCUT2D eigenvalue weighted by Gasteiger charge is 2.28. The molecular formula is C17H19F2N3O. The van der Waals surface area contributed by atoms with Gasteiger partial charge in [-0.15, -0.1) is 0 Å². The highest BCUT2D eigenvalue weighted by molar-refractivity contribution is 5.94. The van der Waals surface area contributed by atoms with Gasteiger partial charge in [-0.05, 0) is 12.1 Å². The lowest BCUT2D eigenvalue weighted by atomic mass is 10.1. The van der Waals surface area contributed by atoms with Gasteiger partial charge in [0.15, 0.2) is 0 Å². The first-order valence-corrected chi connectivity index (χ1v) is 7.67. The maximum Gasteiger partial charge on any atom is 0.257 e. The maximum absolute atomic E-state index is 13.8. The van der Waals surface area contributed by atoms with Crippen molar-refractivity contribution in [3.8, 4) is 0 Å². The number of hydrogen-bond acceptors (Lipinski definition) is 2. The summed E-state index contributed by atoms with van der Waals surface area (Å²) in [6.07, 6.45) is 0.681. The van der Waals surface area contributed by atoms with Crippen LogP contribution in [0.1, 0.15) is 47.3 Å². The molecule has 0 atom stereocenters. The molecule has 0 fully saturated rings. The van der Waals surface area contributed by atoms with Crippen LogP contribution < -0.4 is 0 Å². The molecule has 1 aliphatic heterocycles. The number of amides is 1. The highest BCUT2D eigenvalue weighted by atomic mass is 19.1. The lowest BCUT2D eigenvalue weighted by molar-refractivity contribution is 0.0726. The third kappa shape index (κ3) is 2.73. The van der Waals surface area contributed by atoms with E-state index in [1.54, 1.807) is 4.90 Å². The van der Waals surface area contributed by atoms with Gasteiger partial charge in [0.25, 0.3) is 5.91 Å². The molecule has 1 amide bonds. The molecule has 0 saturated carbocycles. The predicted molar refractivity (Wildman–Crippen MR) is 82.1 cm³/mol. The third-order valence-electron chi connectivity index (χ3n) is 4.26. The molecule has 2 aromatic rings. The van der Waals surface area contributed by atoms with Crippen LogP contribution in [-0.2, 0) is 20.0 Å². The highest BCUT2D eigenvalue weighted by Crippen LogP contribution is 2.24. The number of aromatic nitrogens is 2. The van der Waals surface area contributed by atoms with E-state index in [1.165, 1.54) is 6.07 Å². The molecule has 0 bridgehead atoms. The van der Waals surface area contributed by atoms with Crippen LogP contribution in [0.25, 0.3) is 0 Å². The molecule has 1 aromatic heterocycles. The maximum atomic E-state index is 13.8. The Morgan fingerprint density at radius 3 is 2.70 bits per heavy atom. The zero-order chi connectivity index (χ0) is 16.7. The minimum Gasteiger partial charge on any atom is -0.334 e. The molecule has 23 heavy (non-hydrogen) atoms. The third-order valence-corrected chi connectivity index (χ3v) is 4.26. The summed E-state index contributed by atoms with van der Waals surface area (Å²) in [5, 5.41) is 0. The second-order valence-corrected chi connectivity index (χ2v) is 6.18. The van der Waals surface area contributed by atoms with E-state index < -0.39 is 17.5 Å². The van der Waals surface area contributed by atoms with E-state index in [2.05, 4.69) is 23.4 Å². The molecule has 4 nitrogen and oxygen atoms in total. The van der Waals surface area contributed by atoms with Crippen LogP contribution in [0.15, 0.2) is 18.2 Å². The zero-order valence-electron chi connectivity index (χ0n) is 13.4. The molecule has 0 radical (unpaired) electrons. The molecule has 1 aromatic carbocycles. The van der Waals surface area contributed by atoms with Crippen molar-refractivity contribution in [1.82, 2.24) is 14.5 Å². The van der Waals surface area contributed by atoms with Gasteiger partial charge in [-0.25, -0.2) is 13.8 Å². The van der Waals surface area contributed by atoms with Gasteiger partial charge in [0, 0.05) is 37.7 Å². The normalized spacial score (nSPS) is 14.3. The lowest BCUT2D eigenvalue weighted by Gasteiger charge is -2.27. The first-order valence-electron chi connectivity index (χ1n) is 7.67. The van der Waals surface area contributed by atoms with E-state index in [4.69, 9.17) is 0 Å². The van der Waals surface area contributed by atoms with Crippen molar-refractivity contribution in [2.45, 2.75) is 32.7 Å². The van der Waals surface area contributed by atoms with Crippen molar-refractivity contribution >= 4 is 5.91 Å². The Bertz CT molecular complexity index is 767. The van der Waals surface area contributed by atoms with Crippen LogP contribution >= 0.6 is 0 Å². The Morgan fingerprint density at radius 1 is 1.30 bits per heavy atom. The molecule has 0 N–H and O–H groups in total. The van der Waals surface area contributed by atoms with Gasteiger partial charge in [-0.3, -0.25) is 4.79 Å². The minimum absolute atomic E-state index is 0.102. The van der Waals surface area contributed by atoms with E-state index in [-0.39, 0.29) is 5.56 Å². The van der Waals surface area contributed by atoms with Gasteiger partial charge in [-0.2, -0.15) is 0 Å². The van der Waals surface area contributed by atoms with Gasteiger partial charge in [0.05, 0.1) is 17.8 Å². The number of hydrogen-bond donors (Lipinski definition) is 0. The van der Waals surface area contributed by atoms with Crippen LogP contribution in [0.2, 0.25) is 0 Å². The van der Waals surface area contributed by atoms with Crippen LogP contribution in [0.4, 0.5) is 8.78 Å². The number of rotatable bonds is 2. The Hall–Kier alpha value is -2.24.